The first-order chi connectivity index (χ1) is 15.1. The zero-order valence-electron chi connectivity index (χ0n) is 22.9. The van der Waals surface area contributed by atoms with Gasteiger partial charge < -0.3 is 0 Å². The van der Waals surface area contributed by atoms with Gasteiger partial charge in [0.1, 0.15) is 0 Å². The molecule has 0 saturated heterocycles. The molecule has 0 saturated carbocycles. The summed E-state index contributed by atoms with van der Waals surface area (Å²) in [6, 6.07) is 16.7. The molecule has 33 heavy (non-hydrogen) atoms. The number of benzene rings is 2. The van der Waals surface area contributed by atoms with Crippen molar-refractivity contribution in [2.24, 2.45) is 47.3 Å². The van der Waals surface area contributed by atoms with Gasteiger partial charge in [0, 0.05) is 0 Å². The monoisotopic (exact) mass is 478 g/mol. The predicted octanol–water partition coefficient (Wildman–Crippen LogP) is 8.46. The van der Waals surface area contributed by atoms with Crippen LogP contribution in [0, 0.1) is 47.3 Å². The Morgan fingerprint density at radius 3 is 0.879 bits per heavy atom. The van der Waals surface area contributed by atoms with Crippen LogP contribution in [0.5, 0.6) is 0 Å². The molecule has 0 bridgehead atoms. The van der Waals surface area contributed by atoms with Gasteiger partial charge in [0.05, 0.1) is 6.26 Å². The highest BCUT2D eigenvalue weighted by atomic mass is 32.2. The molecular formula is C29H50O3S. The zero-order valence-corrected chi connectivity index (χ0v) is 23.7. The minimum Gasteiger partial charge on any atom is -0.286 e. The van der Waals surface area contributed by atoms with Crippen molar-refractivity contribution in [2.75, 3.05) is 6.26 Å². The van der Waals surface area contributed by atoms with Crippen molar-refractivity contribution in [3.8, 4) is 0 Å². The van der Waals surface area contributed by atoms with E-state index in [0.717, 1.165) is 47.3 Å². The molecule has 0 aromatic heterocycles. The Labute approximate surface area is 205 Å². The minimum absolute atomic E-state index is 0.715. The van der Waals surface area contributed by atoms with Crippen LogP contribution in [0.25, 0.3) is 10.8 Å². The molecule has 0 amide bonds. The molecule has 0 spiro atoms. The van der Waals surface area contributed by atoms with Gasteiger partial charge in [-0.25, -0.2) is 0 Å². The lowest BCUT2D eigenvalue weighted by atomic mass is 9.68. The van der Waals surface area contributed by atoms with Crippen molar-refractivity contribution >= 4 is 20.9 Å². The standard InChI is InChI=1S/C18H38.C10H8.CH4O3S/c1-11(2)13(5)15(7)17(9)18(10)16(8)14(6)12(3)4;1-2-6-10-8-4-3-7-9(10)5-1;1-5(2,3)4/h11-18H,1-10H3;1-8H;1H3,(H,2,3,4). The van der Waals surface area contributed by atoms with Crippen LogP contribution in [0.1, 0.15) is 69.2 Å². The van der Waals surface area contributed by atoms with Gasteiger partial charge in [-0.1, -0.05) is 118 Å². The first-order valence-electron chi connectivity index (χ1n) is 12.4. The average molecular weight is 479 g/mol. The molecule has 2 aromatic rings. The van der Waals surface area contributed by atoms with Gasteiger partial charge in [0.15, 0.2) is 0 Å². The molecular weight excluding hydrogens is 428 g/mol. The number of fused-ring (bicyclic) bond motifs is 1. The molecule has 1 N–H and O–H groups in total. The maximum Gasteiger partial charge on any atom is 0.261 e. The van der Waals surface area contributed by atoms with Crippen LogP contribution in [0.2, 0.25) is 0 Å². The third-order valence-corrected chi connectivity index (χ3v) is 7.91. The average Bonchev–Trinajstić information content (AvgIpc) is 2.75. The molecule has 0 aliphatic carbocycles. The molecule has 0 heterocycles. The van der Waals surface area contributed by atoms with Gasteiger partial charge in [-0.3, -0.25) is 4.55 Å². The molecule has 0 aliphatic rings. The van der Waals surface area contributed by atoms with E-state index in [-0.39, 0.29) is 0 Å². The van der Waals surface area contributed by atoms with Crippen molar-refractivity contribution < 1.29 is 13.0 Å². The van der Waals surface area contributed by atoms with Gasteiger partial charge in [-0.2, -0.15) is 8.42 Å². The lowest BCUT2D eigenvalue weighted by molar-refractivity contribution is 0.108. The van der Waals surface area contributed by atoms with Gasteiger partial charge in [-0.15, -0.1) is 0 Å². The smallest absolute Gasteiger partial charge is 0.261 e. The van der Waals surface area contributed by atoms with Gasteiger partial charge >= 0.3 is 0 Å². The summed E-state index contributed by atoms with van der Waals surface area (Å²) in [5.74, 6) is 6.52. The maximum absolute atomic E-state index is 9.19. The van der Waals surface area contributed by atoms with Crippen molar-refractivity contribution in [3.63, 3.8) is 0 Å². The summed E-state index contributed by atoms with van der Waals surface area (Å²) < 4.78 is 25.9. The normalized spacial score (nSPS) is 17.2. The van der Waals surface area contributed by atoms with Gasteiger partial charge in [-0.05, 0) is 58.1 Å². The summed E-state index contributed by atoms with van der Waals surface area (Å²) in [4.78, 5) is 0. The molecule has 4 heteroatoms. The van der Waals surface area contributed by atoms with E-state index in [1.807, 2.05) is 0 Å². The van der Waals surface area contributed by atoms with Crippen LogP contribution in [0.4, 0.5) is 0 Å². The Hall–Kier alpha value is -1.39. The van der Waals surface area contributed by atoms with Crippen molar-refractivity contribution in [3.05, 3.63) is 48.5 Å². The van der Waals surface area contributed by atoms with E-state index >= 15 is 0 Å². The van der Waals surface area contributed by atoms with Crippen LogP contribution in [0.15, 0.2) is 48.5 Å². The van der Waals surface area contributed by atoms with Crippen molar-refractivity contribution in [1.82, 2.24) is 0 Å². The molecule has 6 atom stereocenters. The first-order valence-corrected chi connectivity index (χ1v) is 14.3. The summed E-state index contributed by atoms with van der Waals surface area (Å²) >= 11 is 0. The topological polar surface area (TPSA) is 54.4 Å². The van der Waals surface area contributed by atoms with Crippen LogP contribution in [0.3, 0.4) is 0 Å². The Balaban J connectivity index is 0.000000561. The summed E-state index contributed by atoms with van der Waals surface area (Å²) in [7, 11) is -3.67. The van der Waals surface area contributed by atoms with Crippen LogP contribution in [-0.2, 0) is 10.1 Å². The van der Waals surface area contributed by atoms with Crippen molar-refractivity contribution in [1.29, 1.82) is 0 Å². The molecule has 3 nitrogen and oxygen atoms in total. The third kappa shape index (κ3) is 12.6. The summed E-state index contributed by atoms with van der Waals surface area (Å²) in [6.07, 6.45) is 0.715. The fourth-order valence-corrected chi connectivity index (χ4v) is 4.26. The van der Waals surface area contributed by atoms with E-state index in [1.54, 1.807) is 0 Å². The highest BCUT2D eigenvalue weighted by molar-refractivity contribution is 7.85. The molecule has 2 rings (SSSR count). The Bertz CT molecular complexity index is 791. The minimum atomic E-state index is -3.67. The molecule has 0 aliphatic heterocycles. The molecule has 0 radical (unpaired) electrons. The lowest BCUT2D eigenvalue weighted by Crippen LogP contribution is -2.31. The van der Waals surface area contributed by atoms with E-state index in [1.165, 1.54) is 10.8 Å². The van der Waals surface area contributed by atoms with E-state index in [0.29, 0.717) is 6.26 Å². The van der Waals surface area contributed by atoms with Crippen molar-refractivity contribution in [2.45, 2.75) is 69.2 Å². The van der Waals surface area contributed by atoms with Gasteiger partial charge in [0.2, 0.25) is 0 Å². The largest absolute Gasteiger partial charge is 0.286 e. The van der Waals surface area contributed by atoms with E-state index in [2.05, 4.69) is 118 Å². The van der Waals surface area contributed by atoms with Gasteiger partial charge in [0.25, 0.3) is 10.1 Å². The fraction of sp³-hybridized carbons (Fsp3) is 0.655. The summed E-state index contributed by atoms with van der Waals surface area (Å²) in [5, 5.41) is 2.62. The predicted molar refractivity (Wildman–Crippen MR) is 146 cm³/mol. The Morgan fingerprint density at radius 1 is 0.515 bits per heavy atom. The van der Waals surface area contributed by atoms with E-state index in [9.17, 15) is 8.42 Å². The van der Waals surface area contributed by atoms with Crippen LogP contribution < -0.4 is 0 Å². The fourth-order valence-electron chi connectivity index (χ4n) is 4.26. The molecule has 0 fully saturated rings. The van der Waals surface area contributed by atoms with E-state index in [4.69, 9.17) is 4.55 Å². The van der Waals surface area contributed by atoms with Crippen LogP contribution >= 0.6 is 0 Å². The third-order valence-electron chi connectivity index (χ3n) is 7.91. The summed E-state index contributed by atoms with van der Waals surface area (Å²) in [5.41, 5.74) is 0. The second-order valence-corrected chi connectivity index (χ2v) is 12.2. The zero-order chi connectivity index (χ0) is 25.9. The van der Waals surface area contributed by atoms with E-state index < -0.39 is 10.1 Å². The second-order valence-electron chi connectivity index (χ2n) is 10.7. The highest BCUT2D eigenvalue weighted by Crippen LogP contribution is 2.37. The maximum atomic E-state index is 9.19. The second kappa shape index (κ2) is 14.8. The SMILES string of the molecule is CC(C)C(C)C(C)C(C)C(C)C(C)C(C)C(C)C.CS(=O)(=O)O.c1ccc2ccccc2c1. The van der Waals surface area contributed by atoms with Crippen LogP contribution in [-0.4, -0.2) is 19.2 Å². The Morgan fingerprint density at radius 2 is 0.697 bits per heavy atom. The quantitative estimate of drug-likeness (QED) is 0.406. The first kappa shape index (κ1) is 31.6. The molecule has 190 valence electrons. The number of hydrogen-bond donors (Lipinski definition) is 1. The molecule has 6 unspecified atom stereocenters. The lowest BCUT2D eigenvalue weighted by Gasteiger charge is -2.38. The summed E-state index contributed by atoms with van der Waals surface area (Å²) in [6.45, 7) is 24.1. The number of rotatable bonds is 7. The highest BCUT2D eigenvalue weighted by Gasteiger charge is 2.31. The molecule has 2 aromatic carbocycles. The Kier molecular flexibility index (Phi) is 14.2. The number of hydrogen-bond acceptors (Lipinski definition) is 2.